The molecule has 21 heavy (non-hydrogen) atoms. The molecule has 0 aromatic heterocycles. The molecule has 0 aliphatic carbocycles. The number of benzene rings is 2. The Hall–Kier alpha value is -1.79. The van der Waals surface area contributed by atoms with Crippen LogP contribution in [-0.2, 0) is 4.79 Å². The lowest BCUT2D eigenvalue weighted by Gasteiger charge is -2.07. The summed E-state index contributed by atoms with van der Waals surface area (Å²) in [6.45, 7) is 0. The van der Waals surface area contributed by atoms with E-state index in [1.54, 1.807) is 18.2 Å². The third kappa shape index (κ3) is 4.34. The van der Waals surface area contributed by atoms with Gasteiger partial charge >= 0.3 is 0 Å². The Labute approximate surface area is 129 Å². The van der Waals surface area contributed by atoms with E-state index in [2.05, 4.69) is 5.32 Å². The van der Waals surface area contributed by atoms with Crippen molar-refractivity contribution in [3.05, 3.63) is 53.1 Å². The van der Waals surface area contributed by atoms with Gasteiger partial charge in [-0.25, -0.2) is 8.78 Å². The molecule has 0 saturated heterocycles. The van der Waals surface area contributed by atoms with Crippen LogP contribution in [0.4, 0.5) is 20.2 Å². The summed E-state index contributed by atoms with van der Waals surface area (Å²) >= 11 is 7.18. The SMILES string of the molecule is Nc1ccc(Cl)c(SCC(=O)Nc2ccc(F)c(F)c2)c1. The third-order valence-corrected chi connectivity index (χ3v) is 4.01. The van der Waals surface area contributed by atoms with Crippen LogP contribution in [0.2, 0.25) is 5.02 Å². The van der Waals surface area contributed by atoms with Gasteiger partial charge in [0.2, 0.25) is 5.91 Å². The first-order chi connectivity index (χ1) is 9.95. The molecule has 2 rings (SSSR count). The van der Waals surface area contributed by atoms with Crippen LogP contribution in [0.3, 0.4) is 0 Å². The average molecular weight is 329 g/mol. The minimum atomic E-state index is -1.01. The zero-order valence-electron chi connectivity index (χ0n) is 10.7. The topological polar surface area (TPSA) is 55.1 Å². The molecule has 0 aliphatic rings. The standard InChI is InChI=1S/C14H11ClF2N2OS/c15-10-3-1-8(18)5-13(10)21-7-14(20)19-9-2-4-11(16)12(17)6-9/h1-6H,7,18H2,(H,19,20). The van der Waals surface area contributed by atoms with Gasteiger partial charge in [0.1, 0.15) is 0 Å². The Morgan fingerprint density at radius 1 is 1.19 bits per heavy atom. The Bertz CT molecular complexity index is 682. The number of hydrogen-bond acceptors (Lipinski definition) is 3. The number of carbonyl (C=O) groups excluding carboxylic acids is 1. The maximum atomic E-state index is 13.0. The Balaban J connectivity index is 1.95. The van der Waals surface area contributed by atoms with Crippen LogP contribution in [0.1, 0.15) is 0 Å². The van der Waals surface area contributed by atoms with Crippen molar-refractivity contribution < 1.29 is 13.6 Å². The lowest BCUT2D eigenvalue weighted by atomic mass is 10.3. The van der Waals surface area contributed by atoms with Crippen molar-refractivity contribution in [2.45, 2.75) is 4.90 Å². The minimum absolute atomic E-state index is 0.0716. The molecular weight excluding hydrogens is 318 g/mol. The molecule has 0 saturated carbocycles. The van der Waals surface area contributed by atoms with Gasteiger partial charge in [0, 0.05) is 22.3 Å². The molecule has 0 radical (unpaired) electrons. The molecule has 2 aromatic carbocycles. The highest BCUT2D eigenvalue weighted by Crippen LogP contribution is 2.29. The number of rotatable bonds is 4. The highest BCUT2D eigenvalue weighted by Gasteiger charge is 2.08. The monoisotopic (exact) mass is 328 g/mol. The number of halogens is 3. The first-order valence-corrected chi connectivity index (χ1v) is 7.25. The van der Waals surface area contributed by atoms with E-state index in [1.165, 1.54) is 17.8 Å². The summed E-state index contributed by atoms with van der Waals surface area (Å²) in [7, 11) is 0. The summed E-state index contributed by atoms with van der Waals surface area (Å²) in [5.41, 5.74) is 6.38. The van der Waals surface area contributed by atoms with Crippen LogP contribution in [-0.4, -0.2) is 11.7 Å². The van der Waals surface area contributed by atoms with Crippen molar-refractivity contribution in [2.75, 3.05) is 16.8 Å². The smallest absolute Gasteiger partial charge is 0.234 e. The molecule has 0 atom stereocenters. The number of nitrogen functional groups attached to an aromatic ring is 1. The predicted molar refractivity (Wildman–Crippen MR) is 81.6 cm³/mol. The second-order valence-electron chi connectivity index (χ2n) is 4.16. The number of thioether (sulfide) groups is 1. The Morgan fingerprint density at radius 3 is 2.67 bits per heavy atom. The van der Waals surface area contributed by atoms with Gasteiger partial charge in [-0.05, 0) is 30.3 Å². The maximum absolute atomic E-state index is 13.0. The summed E-state index contributed by atoms with van der Waals surface area (Å²) in [5, 5.41) is 2.97. The van der Waals surface area contributed by atoms with E-state index in [-0.39, 0.29) is 17.3 Å². The fourth-order valence-electron chi connectivity index (χ4n) is 1.54. The quantitative estimate of drug-likeness (QED) is 0.660. The number of amides is 1. The molecular formula is C14H11ClF2N2OS. The number of hydrogen-bond donors (Lipinski definition) is 2. The molecule has 3 N–H and O–H groups in total. The number of nitrogens with one attached hydrogen (secondary N) is 1. The second kappa shape index (κ2) is 6.78. The summed E-state index contributed by atoms with van der Waals surface area (Å²) in [5.74, 6) is -2.26. The number of anilines is 2. The predicted octanol–water partition coefficient (Wildman–Crippen LogP) is 3.93. The van der Waals surface area contributed by atoms with Gasteiger partial charge in [-0.3, -0.25) is 4.79 Å². The van der Waals surface area contributed by atoms with Crippen molar-refractivity contribution >= 4 is 40.6 Å². The summed E-state index contributed by atoms with van der Waals surface area (Å²) in [6.07, 6.45) is 0. The van der Waals surface area contributed by atoms with Gasteiger partial charge in [-0.15, -0.1) is 11.8 Å². The zero-order chi connectivity index (χ0) is 15.4. The molecule has 0 aliphatic heterocycles. The first kappa shape index (κ1) is 15.6. The normalized spacial score (nSPS) is 10.4. The third-order valence-electron chi connectivity index (χ3n) is 2.52. The van der Waals surface area contributed by atoms with Crippen molar-refractivity contribution in [1.82, 2.24) is 0 Å². The van der Waals surface area contributed by atoms with E-state index in [0.29, 0.717) is 15.6 Å². The van der Waals surface area contributed by atoms with E-state index in [9.17, 15) is 13.6 Å². The average Bonchev–Trinajstić information content (AvgIpc) is 2.44. The van der Waals surface area contributed by atoms with Gasteiger partial charge in [-0.1, -0.05) is 11.6 Å². The Morgan fingerprint density at radius 2 is 1.95 bits per heavy atom. The second-order valence-corrected chi connectivity index (χ2v) is 5.58. The van der Waals surface area contributed by atoms with E-state index >= 15 is 0 Å². The van der Waals surface area contributed by atoms with Crippen molar-refractivity contribution in [3.8, 4) is 0 Å². The van der Waals surface area contributed by atoms with Crippen molar-refractivity contribution in [3.63, 3.8) is 0 Å². The molecule has 0 unspecified atom stereocenters. The highest BCUT2D eigenvalue weighted by atomic mass is 35.5. The molecule has 0 heterocycles. The zero-order valence-corrected chi connectivity index (χ0v) is 12.3. The Kier molecular flexibility index (Phi) is 5.03. The highest BCUT2D eigenvalue weighted by molar-refractivity contribution is 8.00. The summed E-state index contributed by atoms with van der Waals surface area (Å²) < 4.78 is 25.8. The van der Waals surface area contributed by atoms with Crippen LogP contribution in [0.25, 0.3) is 0 Å². The van der Waals surface area contributed by atoms with Gasteiger partial charge < -0.3 is 11.1 Å². The van der Waals surface area contributed by atoms with E-state index in [1.807, 2.05) is 0 Å². The maximum Gasteiger partial charge on any atom is 0.234 e. The van der Waals surface area contributed by atoms with Crippen LogP contribution < -0.4 is 11.1 Å². The van der Waals surface area contributed by atoms with Gasteiger partial charge in [0.05, 0.1) is 10.8 Å². The van der Waals surface area contributed by atoms with Crippen molar-refractivity contribution in [2.24, 2.45) is 0 Å². The molecule has 3 nitrogen and oxygen atoms in total. The lowest BCUT2D eigenvalue weighted by Crippen LogP contribution is -2.14. The molecule has 110 valence electrons. The largest absolute Gasteiger partial charge is 0.399 e. The minimum Gasteiger partial charge on any atom is -0.399 e. The molecule has 0 fully saturated rings. The van der Waals surface area contributed by atoms with Gasteiger partial charge in [-0.2, -0.15) is 0 Å². The van der Waals surface area contributed by atoms with Gasteiger partial charge in [0.25, 0.3) is 0 Å². The fourth-order valence-corrected chi connectivity index (χ4v) is 2.61. The van der Waals surface area contributed by atoms with E-state index in [4.69, 9.17) is 17.3 Å². The van der Waals surface area contributed by atoms with Crippen LogP contribution in [0, 0.1) is 11.6 Å². The molecule has 2 aromatic rings. The molecule has 0 bridgehead atoms. The molecule has 1 amide bonds. The van der Waals surface area contributed by atoms with E-state index in [0.717, 1.165) is 12.1 Å². The summed E-state index contributed by atoms with van der Waals surface area (Å²) in [4.78, 5) is 12.4. The van der Waals surface area contributed by atoms with Crippen LogP contribution in [0.5, 0.6) is 0 Å². The van der Waals surface area contributed by atoms with Crippen molar-refractivity contribution in [1.29, 1.82) is 0 Å². The first-order valence-electron chi connectivity index (χ1n) is 5.88. The van der Waals surface area contributed by atoms with Crippen LogP contribution >= 0.6 is 23.4 Å². The molecule has 0 spiro atoms. The summed E-state index contributed by atoms with van der Waals surface area (Å²) in [6, 6.07) is 8.13. The lowest BCUT2D eigenvalue weighted by molar-refractivity contribution is -0.113. The number of nitrogens with two attached hydrogens (primary N) is 1. The van der Waals surface area contributed by atoms with E-state index < -0.39 is 11.6 Å². The van der Waals surface area contributed by atoms with Crippen LogP contribution in [0.15, 0.2) is 41.3 Å². The van der Waals surface area contributed by atoms with Gasteiger partial charge in [0.15, 0.2) is 11.6 Å². The fraction of sp³-hybridized carbons (Fsp3) is 0.0714. The number of carbonyl (C=O) groups is 1. The molecule has 7 heteroatoms.